The molecule has 1 fully saturated rings. The highest BCUT2D eigenvalue weighted by molar-refractivity contribution is 7.10. The zero-order chi connectivity index (χ0) is 22.6. The molecule has 9 heteroatoms. The molecule has 1 aromatic carbocycles. The number of thiazole rings is 1. The fraction of sp³-hybridized carbons (Fsp3) is 0.455. The van der Waals surface area contributed by atoms with Crippen LogP contribution >= 0.6 is 11.3 Å². The standard InChI is InChI=1S/C22H27N3O5S/c1-22(2,3)30-21(28)25-10-8-14(9-11-25)19-24-17(13-31-19)18(26)23-16-7-5-6-15(12-16)20(27)29-4/h5-7,12-14H,8-11H2,1-4H3,(H,23,26). The zero-order valence-electron chi connectivity index (χ0n) is 18.1. The highest BCUT2D eigenvalue weighted by Crippen LogP contribution is 2.31. The van der Waals surface area contributed by atoms with E-state index < -0.39 is 11.6 Å². The van der Waals surface area contributed by atoms with E-state index in [9.17, 15) is 14.4 Å². The predicted molar refractivity (Wildman–Crippen MR) is 118 cm³/mol. The van der Waals surface area contributed by atoms with Crippen LogP contribution in [0.4, 0.5) is 10.5 Å². The topological polar surface area (TPSA) is 97.8 Å². The van der Waals surface area contributed by atoms with E-state index in [4.69, 9.17) is 9.47 Å². The fourth-order valence-electron chi connectivity index (χ4n) is 3.25. The normalized spacial score (nSPS) is 14.8. The number of hydrogen-bond donors (Lipinski definition) is 1. The average molecular weight is 446 g/mol. The number of rotatable bonds is 4. The molecule has 1 N–H and O–H groups in total. The minimum atomic E-state index is -0.512. The number of carbonyl (C=O) groups excluding carboxylic acids is 3. The summed E-state index contributed by atoms with van der Waals surface area (Å²) in [6.45, 7) is 6.75. The van der Waals surface area contributed by atoms with Crippen LogP contribution in [-0.4, -0.2) is 53.7 Å². The molecule has 0 atom stereocenters. The lowest BCUT2D eigenvalue weighted by atomic mass is 9.98. The number of aromatic nitrogens is 1. The van der Waals surface area contributed by atoms with Gasteiger partial charge in [-0.05, 0) is 51.8 Å². The largest absolute Gasteiger partial charge is 0.465 e. The molecule has 3 rings (SSSR count). The second-order valence-corrected chi connectivity index (χ2v) is 9.23. The first-order valence-electron chi connectivity index (χ1n) is 10.1. The number of hydrogen-bond acceptors (Lipinski definition) is 7. The van der Waals surface area contributed by atoms with E-state index in [1.165, 1.54) is 18.4 Å². The molecule has 0 spiro atoms. The van der Waals surface area contributed by atoms with Crippen LogP contribution in [0.15, 0.2) is 29.6 Å². The second kappa shape index (κ2) is 9.47. The summed E-state index contributed by atoms with van der Waals surface area (Å²) in [6, 6.07) is 6.55. The average Bonchev–Trinajstić information content (AvgIpc) is 3.23. The van der Waals surface area contributed by atoms with Crippen LogP contribution in [-0.2, 0) is 9.47 Å². The summed E-state index contributed by atoms with van der Waals surface area (Å²) in [7, 11) is 1.31. The van der Waals surface area contributed by atoms with Gasteiger partial charge in [-0.15, -0.1) is 11.3 Å². The lowest BCUT2D eigenvalue weighted by Crippen LogP contribution is -2.41. The number of nitrogens with zero attached hydrogens (tertiary/aromatic N) is 2. The molecule has 0 bridgehead atoms. The van der Waals surface area contributed by atoms with Crippen molar-refractivity contribution in [2.45, 2.75) is 45.1 Å². The van der Waals surface area contributed by atoms with Gasteiger partial charge in [0.05, 0.1) is 17.7 Å². The van der Waals surface area contributed by atoms with E-state index in [0.717, 1.165) is 17.8 Å². The summed E-state index contributed by atoms with van der Waals surface area (Å²) in [5, 5.41) is 5.38. The predicted octanol–water partition coefficient (Wildman–Crippen LogP) is 4.30. The van der Waals surface area contributed by atoms with Gasteiger partial charge in [0.25, 0.3) is 5.91 Å². The Balaban J connectivity index is 1.58. The molecular formula is C22H27N3O5S. The van der Waals surface area contributed by atoms with Gasteiger partial charge in [0.1, 0.15) is 11.3 Å². The van der Waals surface area contributed by atoms with Crippen molar-refractivity contribution >= 4 is 35.0 Å². The number of likely N-dealkylation sites (tertiary alicyclic amines) is 1. The van der Waals surface area contributed by atoms with Crippen molar-refractivity contribution in [2.75, 3.05) is 25.5 Å². The highest BCUT2D eigenvalue weighted by Gasteiger charge is 2.29. The third kappa shape index (κ3) is 6.04. The van der Waals surface area contributed by atoms with Crippen molar-refractivity contribution in [3.8, 4) is 0 Å². The number of esters is 1. The smallest absolute Gasteiger partial charge is 0.410 e. The quantitative estimate of drug-likeness (QED) is 0.705. The first-order valence-corrected chi connectivity index (χ1v) is 11.0. The first-order chi connectivity index (χ1) is 14.7. The Bertz CT molecular complexity index is 958. The Morgan fingerprint density at radius 1 is 1.19 bits per heavy atom. The summed E-state index contributed by atoms with van der Waals surface area (Å²) in [4.78, 5) is 42.7. The van der Waals surface area contributed by atoms with Crippen molar-refractivity contribution in [1.82, 2.24) is 9.88 Å². The summed E-state index contributed by atoms with van der Waals surface area (Å²) >= 11 is 1.45. The number of benzene rings is 1. The number of ether oxygens (including phenoxy) is 2. The molecule has 1 saturated heterocycles. The summed E-state index contributed by atoms with van der Waals surface area (Å²) in [6.07, 6.45) is 1.25. The minimum absolute atomic E-state index is 0.202. The molecule has 0 saturated carbocycles. The highest BCUT2D eigenvalue weighted by atomic mass is 32.1. The lowest BCUT2D eigenvalue weighted by Gasteiger charge is -2.32. The van der Waals surface area contributed by atoms with Crippen LogP contribution in [0.2, 0.25) is 0 Å². The molecule has 8 nitrogen and oxygen atoms in total. The zero-order valence-corrected chi connectivity index (χ0v) is 19.0. The fourth-order valence-corrected chi connectivity index (χ4v) is 4.22. The van der Waals surface area contributed by atoms with Crippen molar-refractivity contribution in [3.63, 3.8) is 0 Å². The molecule has 31 heavy (non-hydrogen) atoms. The maximum atomic E-state index is 12.6. The van der Waals surface area contributed by atoms with Crippen molar-refractivity contribution in [3.05, 3.63) is 45.9 Å². The Morgan fingerprint density at radius 3 is 2.55 bits per heavy atom. The second-order valence-electron chi connectivity index (χ2n) is 8.34. The third-order valence-corrected chi connectivity index (χ3v) is 5.80. The van der Waals surface area contributed by atoms with Crippen LogP contribution in [0, 0.1) is 0 Å². The molecule has 2 aromatic rings. The van der Waals surface area contributed by atoms with Gasteiger partial charge in [-0.25, -0.2) is 14.6 Å². The maximum absolute atomic E-state index is 12.6. The van der Waals surface area contributed by atoms with E-state index in [-0.39, 0.29) is 17.9 Å². The molecule has 2 heterocycles. The van der Waals surface area contributed by atoms with Gasteiger partial charge in [0, 0.05) is 30.1 Å². The van der Waals surface area contributed by atoms with Gasteiger partial charge in [0.15, 0.2) is 0 Å². The van der Waals surface area contributed by atoms with Gasteiger partial charge < -0.3 is 19.7 Å². The molecule has 0 radical (unpaired) electrons. The van der Waals surface area contributed by atoms with Gasteiger partial charge >= 0.3 is 12.1 Å². The number of piperidine rings is 1. The van der Waals surface area contributed by atoms with Gasteiger partial charge in [-0.2, -0.15) is 0 Å². The Labute approximate surface area is 185 Å². The maximum Gasteiger partial charge on any atom is 0.410 e. The van der Waals surface area contributed by atoms with Gasteiger partial charge in [-0.1, -0.05) is 6.07 Å². The number of anilines is 1. The minimum Gasteiger partial charge on any atom is -0.465 e. The molecular weight excluding hydrogens is 418 g/mol. The Morgan fingerprint density at radius 2 is 1.90 bits per heavy atom. The monoisotopic (exact) mass is 445 g/mol. The summed E-state index contributed by atoms with van der Waals surface area (Å²) < 4.78 is 10.1. The molecule has 1 aromatic heterocycles. The number of amides is 2. The van der Waals surface area contributed by atoms with Gasteiger partial charge in [-0.3, -0.25) is 4.79 Å². The molecule has 0 unspecified atom stereocenters. The number of methoxy groups -OCH3 is 1. The van der Waals surface area contributed by atoms with Crippen LogP contribution in [0.25, 0.3) is 0 Å². The Hall–Kier alpha value is -2.94. The van der Waals surface area contributed by atoms with Gasteiger partial charge in [0.2, 0.25) is 0 Å². The van der Waals surface area contributed by atoms with Crippen LogP contribution in [0.3, 0.4) is 0 Å². The van der Waals surface area contributed by atoms with E-state index in [2.05, 4.69) is 10.3 Å². The van der Waals surface area contributed by atoms with Crippen LogP contribution in [0.1, 0.15) is 65.4 Å². The Kier molecular flexibility index (Phi) is 6.94. The van der Waals surface area contributed by atoms with E-state index in [1.807, 2.05) is 20.8 Å². The van der Waals surface area contributed by atoms with Crippen LogP contribution in [0.5, 0.6) is 0 Å². The first kappa shape index (κ1) is 22.7. The number of nitrogens with one attached hydrogen (secondary N) is 1. The van der Waals surface area contributed by atoms with E-state index >= 15 is 0 Å². The molecule has 2 amide bonds. The van der Waals surface area contributed by atoms with E-state index in [1.54, 1.807) is 34.5 Å². The number of carbonyl (C=O) groups is 3. The molecule has 0 aliphatic carbocycles. The lowest BCUT2D eigenvalue weighted by molar-refractivity contribution is 0.0204. The van der Waals surface area contributed by atoms with Crippen molar-refractivity contribution < 1.29 is 23.9 Å². The summed E-state index contributed by atoms with van der Waals surface area (Å²) in [5.74, 6) is -0.603. The van der Waals surface area contributed by atoms with Crippen LogP contribution < -0.4 is 5.32 Å². The third-order valence-electron chi connectivity index (χ3n) is 4.79. The SMILES string of the molecule is COC(=O)c1cccc(NC(=O)c2csc(C3CCN(C(=O)OC(C)(C)C)CC3)n2)c1. The molecule has 1 aliphatic rings. The summed E-state index contributed by atoms with van der Waals surface area (Å²) in [5.41, 5.74) is 0.671. The van der Waals surface area contributed by atoms with Crippen molar-refractivity contribution in [2.24, 2.45) is 0 Å². The van der Waals surface area contributed by atoms with E-state index in [0.29, 0.717) is 30.0 Å². The molecule has 166 valence electrons. The molecule has 1 aliphatic heterocycles. The van der Waals surface area contributed by atoms with Crippen molar-refractivity contribution in [1.29, 1.82) is 0 Å².